The van der Waals surface area contributed by atoms with Crippen LogP contribution in [-0.2, 0) is 9.59 Å². The van der Waals surface area contributed by atoms with Gasteiger partial charge in [0.25, 0.3) is 5.91 Å². The van der Waals surface area contributed by atoms with Crippen LogP contribution in [-0.4, -0.2) is 23.6 Å². The van der Waals surface area contributed by atoms with Gasteiger partial charge in [-0.25, -0.2) is 5.43 Å². The van der Waals surface area contributed by atoms with Crippen molar-refractivity contribution < 1.29 is 9.59 Å². The van der Waals surface area contributed by atoms with Crippen LogP contribution in [0.2, 0.25) is 0 Å². The van der Waals surface area contributed by atoms with E-state index in [0.29, 0.717) is 18.6 Å². The highest BCUT2D eigenvalue weighted by Gasteiger charge is 2.34. The van der Waals surface area contributed by atoms with Crippen LogP contribution in [0.1, 0.15) is 52.4 Å². The zero-order valence-corrected chi connectivity index (χ0v) is 11.1. The second-order valence-corrected chi connectivity index (χ2v) is 5.85. The molecule has 0 spiro atoms. The summed E-state index contributed by atoms with van der Waals surface area (Å²) in [4.78, 5) is 23.0. The third-order valence-corrected chi connectivity index (χ3v) is 3.98. The molecule has 0 aromatic carbocycles. The molecule has 1 saturated carbocycles. The van der Waals surface area contributed by atoms with Crippen molar-refractivity contribution in [3.63, 3.8) is 0 Å². The van der Waals surface area contributed by atoms with Crippen molar-refractivity contribution in [1.82, 2.24) is 10.7 Å². The molecule has 18 heavy (non-hydrogen) atoms. The first-order valence-electron chi connectivity index (χ1n) is 6.65. The van der Waals surface area contributed by atoms with Gasteiger partial charge >= 0.3 is 0 Å². The molecule has 5 nitrogen and oxygen atoms in total. The van der Waals surface area contributed by atoms with E-state index < -0.39 is 0 Å². The lowest BCUT2D eigenvalue weighted by molar-refractivity contribution is -0.121. The largest absolute Gasteiger partial charge is 0.348 e. The lowest BCUT2D eigenvalue weighted by Gasteiger charge is -2.39. The average molecular weight is 251 g/mol. The molecule has 1 aliphatic heterocycles. The van der Waals surface area contributed by atoms with Crippen molar-refractivity contribution in [3.05, 3.63) is 0 Å². The normalized spacial score (nSPS) is 27.1. The SMILES string of the molecule is CC1(C)CCCCC1NC(=O)C1=NNC(=O)CC1. The fraction of sp³-hybridized carbons (Fsp3) is 0.769. The van der Waals surface area contributed by atoms with E-state index in [1.807, 2.05) is 0 Å². The molecule has 2 rings (SSSR count). The van der Waals surface area contributed by atoms with E-state index in [2.05, 4.69) is 29.7 Å². The Kier molecular flexibility index (Phi) is 3.68. The van der Waals surface area contributed by atoms with Gasteiger partial charge in [0, 0.05) is 18.9 Å². The van der Waals surface area contributed by atoms with Crippen LogP contribution in [0.25, 0.3) is 0 Å². The van der Waals surface area contributed by atoms with E-state index in [9.17, 15) is 9.59 Å². The molecule has 2 N–H and O–H groups in total. The van der Waals surface area contributed by atoms with Gasteiger partial charge in [-0.2, -0.15) is 5.10 Å². The molecule has 0 radical (unpaired) electrons. The monoisotopic (exact) mass is 251 g/mol. The maximum absolute atomic E-state index is 12.1. The standard InChI is InChI=1S/C13H21N3O2/c1-13(2)8-4-3-5-10(13)14-12(18)9-6-7-11(17)16-15-9/h10H,3-8H2,1-2H3,(H,14,18)(H,16,17). The molecule has 0 bridgehead atoms. The summed E-state index contributed by atoms with van der Waals surface area (Å²) in [7, 11) is 0. The van der Waals surface area contributed by atoms with Crippen LogP contribution in [0.5, 0.6) is 0 Å². The summed E-state index contributed by atoms with van der Waals surface area (Å²) in [6.07, 6.45) is 5.35. The van der Waals surface area contributed by atoms with E-state index in [4.69, 9.17) is 0 Å². The molecule has 5 heteroatoms. The summed E-state index contributed by atoms with van der Waals surface area (Å²) in [5.74, 6) is -0.250. The Morgan fingerprint density at radius 1 is 1.39 bits per heavy atom. The maximum atomic E-state index is 12.1. The Morgan fingerprint density at radius 2 is 2.17 bits per heavy atom. The summed E-state index contributed by atoms with van der Waals surface area (Å²) in [6, 6.07) is 0.207. The second-order valence-electron chi connectivity index (χ2n) is 5.85. The number of hydrogen-bond acceptors (Lipinski definition) is 3. The number of hydrogen-bond donors (Lipinski definition) is 2. The van der Waals surface area contributed by atoms with Crippen molar-refractivity contribution in [3.8, 4) is 0 Å². The van der Waals surface area contributed by atoms with Gasteiger partial charge in [0.2, 0.25) is 5.91 Å². The smallest absolute Gasteiger partial charge is 0.267 e. The van der Waals surface area contributed by atoms with Gasteiger partial charge in [0.15, 0.2) is 0 Å². The van der Waals surface area contributed by atoms with Gasteiger partial charge in [-0.15, -0.1) is 0 Å². The summed E-state index contributed by atoms with van der Waals surface area (Å²) in [5.41, 5.74) is 2.95. The second kappa shape index (κ2) is 5.08. The fourth-order valence-corrected chi connectivity index (χ4v) is 2.64. The fourth-order valence-electron chi connectivity index (χ4n) is 2.64. The Balaban J connectivity index is 1.96. The molecule has 2 aliphatic rings. The van der Waals surface area contributed by atoms with E-state index >= 15 is 0 Å². The molecule has 0 aromatic rings. The third-order valence-electron chi connectivity index (χ3n) is 3.98. The van der Waals surface area contributed by atoms with Gasteiger partial charge in [0.05, 0.1) is 0 Å². The number of hydrazone groups is 1. The molecule has 0 saturated heterocycles. The van der Waals surface area contributed by atoms with Crippen LogP contribution < -0.4 is 10.7 Å². The van der Waals surface area contributed by atoms with Crippen LogP contribution in [0.3, 0.4) is 0 Å². The first-order chi connectivity index (χ1) is 8.49. The van der Waals surface area contributed by atoms with Gasteiger partial charge < -0.3 is 5.32 Å². The molecule has 1 fully saturated rings. The van der Waals surface area contributed by atoms with Crippen LogP contribution in [0.15, 0.2) is 5.10 Å². The minimum atomic E-state index is -0.130. The number of rotatable bonds is 2. The first-order valence-corrected chi connectivity index (χ1v) is 6.65. The van der Waals surface area contributed by atoms with Gasteiger partial charge in [-0.3, -0.25) is 9.59 Å². The molecular formula is C13H21N3O2. The molecule has 0 aromatic heterocycles. The molecule has 1 unspecified atom stereocenters. The van der Waals surface area contributed by atoms with Crippen molar-refractivity contribution in [1.29, 1.82) is 0 Å². The highest BCUT2D eigenvalue weighted by molar-refractivity contribution is 6.39. The lowest BCUT2D eigenvalue weighted by atomic mass is 9.73. The van der Waals surface area contributed by atoms with Crippen LogP contribution in [0, 0.1) is 5.41 Å². The third kappa shape index (κ3) is 2.89. The number of carbonyl (C=O) groups is 2. The van der Waals surface area contributed by atoms with Gasteiger partial charge in [0.1, 0.15) is 5.71 Å². The molecule has 1 atom stereocenters. The van der Waals surface area contributed by atoms with E-state index in [1.54, 1.807) is 0 Å². The molecular weight excluding hydrogens is 230 g/mol. The number of amides is 2. The average Bonchev–Trinajstić information content (AvgIpc) is 2.32. The summed E-state index contributed by atoms with van der Waals surface area (Å²) in [5, 5.41) is 6.90. The predicted octanol–water partition coefficient (Wildman–Crippen LogP) is 1.34. The van der Waals surface area contributed by atoms with Gasteiger partial charge in [-0.05, 0) is 18.3 Å². The summed E-state index contributed by atoms with van der Waals surface area (Å²) in [6.45, 7) is 4.39. The van der Waals surface area contributed by atoms with Crippen molar-refractivity contribution >= 4 is 17.5 Å². The zero-order chi connectivity index (χ0) is 13.2. The van der Waals surface area contributed by atoms with Crippen molar-refractivity contribution in [2.75, 3.05) is 0 Å². The number of nitrogens with one attached hydrogen (secondary N) is 2. The van der Waals surface area contributed by atoms with E-state index in [1.165, 1.54) is 6.42 Å². The van der Waals surface area contributed by atoms with Crippen LogP contribution in [0.4, 0.5) is 0 Å². The minimum absolute atomic E-state index is 0.121. The molecule has 100 valence electrons. The minimum Gasteiger partial charge on any atom is -0.348 e. The number of nitrogens with zero attached hydrogens (tertiary/aromatic N) is 1. The topological polar surface area (TPSA) is 70.6 Å². The highest BCUT2D eigenvalue weighted by atomic mass is 16.2. The Labute approximate surface area is 107 Å². The molecule has 1 aliphatic carbocycles. The summed E-state index contributed by atoms with van der Waals surface area (Å²) < 4.78 is 0. The quantitative estimate of drug-likeness (QED) is 0.777. The van der Waals surface area contributed by atoms with Crippen molar-refractivity contribution in [2.45, 2.75) is 58.4 Å². The predicted molar refractivity (Wildman–Crippen MR) is 69.0 cm³/mol. The lowest BCUT2D eigenvalue weighted by Crippen LogP contribution is -2.49. The Hall–Kier alpha value is -1.39. The molecule has 2 amide bonds. The highest BCUT2D eigenvalue weighted by Crippen LogP contribution is 2.35. The maximum Gasteiger partial charge on any atom is 0.267 e. The van der Waals surface area contributed by atoms with Crippen LogP contribution >= 0.6 is 0 Å². The van der Waals surface area contributed by atoms with E-state index in [0.717, 1.165) is 19.3 Å². The van der Waals surface area contributed by atoms with Crippen molar-refractivity contribution in [2.24, 2.45) is 10.5 Å². The first kappa shape index (κ1) is 13.1. The van der Waals surface area contributed by atoms with E-state index in [-0.39, 0.29) is 23.3 Å². The Bertz CT molecular complexity index is 388. The van der Waals surface area contributed by atoms with Gasteiger partial charge in [-0.1, -0.05) is 26.7 Å². The number of carbonyl (C=O) groups excluding carboxylic acids is 2. The summed E-state index contributed by atoms with van der Waals surface area (Å²) >= 11 is 0. The molecule has 1 heterocycles. The zero-order valence-electron chi connectivity index (χ0n) is 11.1. The Morgan fingerprint density at radius 3 is 2.78 bits per heavy atom.